The average molecular weight is 708 g/mol. The second kappa shape index (κ2) is 16.0. The van der Waals surface area contributed by atoms with Crippen molar-refractivity contribution < 1.29 is 34.3 Å². The number of carbonyl (C=O) groups excluding carboxylic acids is 1. The van der Waals surface area contributed by atoms with Gasteiger partial charge >= 0.3 is 6.09 Å². The maximum absolute atomic E-state index is 12.8. The summed E-state index contributed by atoms with van der Waals surface area (Å²) in [7, 11) is 0. The van der Waals surface area contributed by atoms with Gasteiger partial charge in [-0.3, -0.25) is 0 Å². The average Bonchev–Trinajstić information content (AvgIpc) is 3.48. The molecule has 1 aromatic carbocycles. The Morgan fingerprint density at radius 2 is 1.78 bits per heavy atom. The van der Waals surface area contributed by atoms with Gasteiger partial charge in [0, 0.05) is 0 Å². The summed E-state index contributed by atoms with van der Waals surface area (Å²) in [4.78, 5) is 12.8. The molecule has 284 valence electrons. The third-order valence-electron chi connectivity index (χ3n) is 14.5. The van der Waals surface area contributed by atoms with Gasteiger partial charge in [0.15, 0.2) is 6.29 Å². The predicted octanol–water partition coefficient (Wildman–Crippen LogP) is 7.56. The first kappa shape index (κ1) is 38.5. The summed E-state index contributed by atoms with van der Waals surface area (Å²) in [6.45, 7) is 14.2. The highest BCUT2D eigenvalue weighted by Gasteiger charge is 2.59. The van der Waals surface area contributed by atoms with E-state index < -0.39 is 43.3 Å². The Bertz CT molecular complexity index is 1380. The monoisotopic (exact) mass is 707 g/mol. The highest BCUT2D eigenvalue weighted by atomic mass is 16.7. The van der Waals surface area contributed by atoms with Gasteiger partial charge in [-0.15, -0.1) is 0 Å². The number of allylic oxidation sites excluding steroid dienone is 3. The van der Waals surface area contributed by atoms with E-state index in [0.29, 0.717) is 35.0 Å². The lowest BCUT2D eigenvalue weighted by molar-refractivity contribution is -0.283. The fourth-order valence-electron chi connectivity index (χ4n) is 11.4. The van der Waals surface area contributed by atoms with Crippen molar-refractivity contribution in [1.29, 1.82) is 0 Å². The molecule has 6 rings (SSSR count). The molecule has 1 amide bonds. The highest BCUT2D eigenvalue weighted by molar-refractivity contribution is 5.67. The number of hydrogen-bond acceptors (Lipinski definition) is 7. The molecule has 51 heavy (non-hydrogen) atoms. The van der Waals surface area contributed by atoms with E-state index in [1.165, 1.54) is 37.7 Å². The maximum atomic E-state index is 12.8. The van der Waals surface area contributed by atoms with E-state index in [-0.39, 0.29) is 18.1 Å². The van der Waals surface area contributed by atoms with Gasteiger partial charge in [-0.25, -0.2) is 4.79 Å². The number of carbonyl (C=O) groups is 1. The first-order valence-corrected chi connectivity index (χ1v) is 20.0. The van der Waals surface area contributed by atoms with Crippen LogP contribution in [0.1, 0.15) is 105 Å². The Balaban J connectivity index is 1.11. The number of amides is 1. The van der Waals surface area contributed by atoms with Crippen LogP contribution in [0, 0.1) is 52.3 Å². The Hall–Kier alpha value is -2.23. The molecular formula is C43H65NO7. The van der Waals surface area contributed by atoms with E-state index in [2.05, 4.69) is 65.1 Å². The standard InChI is InChI=1S/C43H65NO7/c1-7-29(26(2)3)14-13-27(4)33-17-18-34-32-16-15-30-23-31(19-21-42(30,5)35(32)20-22-43(33,34)6)50-40-37(39(47)38(46)36(24-45)51-40)44-41(48)49-25-28-11-9-8-10-12-28/h8-15,26-27,29,31-40,45-47H,7,16-25H2,1-6H3,(H,44,48)/b14-13+/t27-,29-,31+,32?,33-,34?,35?,36-,37-,38-,39-,40?,42+,43-/m1/s1. The minimum atomic E-state index is -1.40. The van der Waals surface area contributed by atoms with Crippen molar-refractivity contribution >= 4 is 6.09 Å². The molecule has 0 aromatic heterocycles. The van der Waals surface area contributed by atoms with Crippen LogP contribution in [0.4, 0.5) is 4.79 Å². The van der Waals surface area contributed by atoms with Gasteiger partial charge in [0.25, 0.3) is 0 Å². The van der Waals surface area contributed by atoms with Gasteiger partial charge in [0.2, 0.25) is 0 Å². The van der Waals surface area contributed by atoms with Crippen LogP contribution >= 0.6 is 0 Å². The van der Waals surface area contributed by atoms with Crippen LogP contribution in [0.15, 0.2) is 54.1 Å². The van der Waals surface area contributed by atoms with E-state index in [9.17, 15) is 20.1 Å². The van der Waals surface area contributed by atoms with Gasteiger partial charge in [0.1, 0.15) is 31.0 Å². The molecule has 8 nitrogen and oxygen atoms in total. The normalized spacial score (nSPS) is 40.5. The third kappa shape index (κ3) is 7.73. The Morgan fingerprint density at radius 1 is 1.02 bits per heavy atom. The number of alkyl carbamates (subject to hydrolysis) is 1. The molecule has 14 atom stereocenters. The van der Waals surface area contributed by atoms with Crippen molar-refractivity contribution in [3.05, 3.63) is 59.7 Å². The fourth-order valence-corrected chi connectivity index (χ4v) is 11.4. The molecule has 0 radical (unpaired) electrons. The molecule has 5 aliphatic rings. The molecule has 1 saturated heterocycles. The minimum absolute atomic E-state index is 0.0651. The summed E-state index contributed by atoms with van der Waals surface area (Å²) in [6.07, 6.45) is 12.1. The van der Waals surface area contributed by atoms with E-state index >= 15 is 0 Å². The number of ether oxygens (including phenoxy) is 3. The lowest BCUT2D eigenvalue weighted by Gasteiger charge is -2.58. The van der Waals surface area contributed by atoms with Crippen LogP contribution in [0.5, 0.6) is 0 Å². The Morgan fingerprint density at radius 3 is 2.49 bits per heavy atom. The van der Waals surface area contributed by atoms with Crippen molar-refractivity contribution in [3.8, 4) is 0 Å². The van der Waals surface area contributed by atoms with Crippen molar-refractivity contribution in [3.63, 3.8) is 0 Å². The number of fused-ring (bicyclic) bond motifs is 5. The lowest BCUT2D eigenvalue weighted by atomic mass is 9.47. The summed E-state index contributed by atoms with van der Waals surface area (Å²) in [5, 5.41) is 34.3. The third-order valence-corrected chi connectivity index (χ3v) is 14.5. The van der Waals surface area contributed by atoms with Gasteiger partial charge in [-0.1, -0.05) is 95.7 Å². The SMILES string of the molecule is CC[C@H](/C=C/[C@@H](C)[C@H]1CCC2C3CC=C4C[C@@H](OC5O[C@H](CO)[C@@H](O)[C@H](O)[C@H]5NC(=O)OCc5ccccc5)CC[C@]4(C)C3CC[C@@]21C)C(C)C. The minimum Gasteiger partial charge on any atom is -0.445 e. The maximum Gasteiger partial charge on any atom is 0.407 e. The predicted molar refractivity (Wildman–Crippen MR) is 198 cm³/mol. The number of rotatable bonds is 11. The Kier molecular flexibility index (Phi) is 12.1. The fraction of sp³-hybridized carbons (Fsp3) is 0.744. The highest BCUT2D eigenvalue weighted by Crippen LogP contribution is 2.67. The van der Waals surface area contributed by atoms with Crippen LogP contribution in [-0.2, 0) is 20.8 Å². The molecule has 0 bridgehead atoms. The lowest BCUT2D eigenvalue weighted by Crippen LogP contribution is -2.65. The van der Waals surface area contributed by atoms with Gasteiger partial charge in [0.05, 0.1) is 12.7 Å². The molecule has 1 aliphatic heterocycles. The molecule has 4 fully saturated rings. The summed E-state index contributed by atoms with van der Waals surface area (Å²) < 4.78 is 18.0. The van der Waals surface area contributed by atoms with Crippen LogP contribution in [-0.4, -0.2) is 64.8 Å². The van der Waals surface area contributed by atoms with Crippen molar-refractivity contribution in [1.82, 2.24) is 5.32 Å². The molecule has 4 aliphatic carbocycles. The number of nitrogens with one attached hydrogen (secondary N) is 1. The zero-order valence-electron chi connectivity index (χ0n) is 31.9. The smallest absolute Gasteiger partial charge is 0.407 e. The molecule has 0 spiro atoms. The largest absolute Gasteiger partial charge is 0.445 e. The number of aliphatic hydroxyl groups excluding tert-OH is 3. The molecule has 4 unspecified atom stereocenters. The van der Waals surface area contributed by atoms with E-state index in [1.54, 1.807) is 0 Å². The van der Waals surface area contributed by atoms with Crippen molar-refractivity contribution in [2.75, 3.05) is 6.61 Å². The molecule has 3 saturated carbocycles. The molecule has 4 N–H and O–H groups in total. The van der Waals surface area contributed by atoms with Crippen LogP contribution in [0.3, 0.4) is 0 Å². The van der Waals surface area contributed by atoms with Gasteiger partial charge in [-0.2, -0.15) is 0 Å². The topological polar surface area (TPSA) is 117 Å². The van der Waals surface area contributed by atoms with E-state index in [4.69, 9.17) is 14.2 Å². The van der Waals surface area contributed by atoms with E-state index in [0.717, 1.165) is 43.1 Å². The van der Waals surface area contributed by atoms with Crippen LogP contribution in [0.2, 0.25) is 0 Å². The summed E-state index contributed by atoms with van der Waals surface area (Å²) in [6, 6.07) is 8.28. The zero-order chi connectivity index (χ0) is 36.5. The van der Waals surface area contributed by atoms with Gasteiger partial charge in [-0.05, 0) is 116 Å². The van der Waals surface area contributed by atoms with Crippen LogP contribution < -0.4 is 5.32 Å². The number of hydrogen-bond donors (Lipinski definition) is 4. The molecule has 1 aromatic rings. The molecular weight excluding hydrogens is 642 g/mol. The summed E-state index contributed by atoms with van der Waals surface area (Å²) in [5.74, 6) is 4.85. The first-order chi connectivity index (χ1) is 24.4. The molecule has 8 heteroatoms. The summed E-state index contributed by atoms with van der Waals surface area (Å²) >= 11 is 0. The molecule has 1 heterocycles. The Labute approximate surface area is 306 Å². The quantitative estimate of drug-likeness (QED) is 0.176. The zero-order valence-corrected chi connectivity index (χ0v) is 31.9. The summed E-state index contributed by atoms with van der Waals surface area (Å²) in [5.41, 5.74) is 2.83. The van der Waals surface area contributed by atoms with E-state index in [1.807, 2.05) is 30.3 Å². The van der Waals surface area contributed by atoms with Crippen LogP contribution in [0.25, 0.3) is 0 Å². The second-order valence-electron chi connectivity index (χ2n) is 17.5. The van der Waals surface area contributed by atoms with Crippen molar-refractivity contribution in [2.45, 2.75) is 143 Å². The second-order valence-corrected chi connectivity index (χ2v) is 17.5. The first-order valence-electron chi connectivity index (χ1n) is 20.0. The number of aliphatic hydroxyl groups is 3. The van der Waals surface area contributed by atoms with Gasteiger partial charge < -0.3 is 34.8 Å². The van der Waals surface area contributed by atoms with Crippen molar-refractivity contribution in [2.24, 2.45) is 52.3 Å². The number of benzene rings is 1.